The third-order valence-corrected chi connectivity index (χ3v) is 2.61. The first-order valence-corrected chi connectivity index (χ1v) is 5.64. The summed E-state index contributed by atoms with van der Waals surface area (Å²) in [6.07, 6.45) is 2.44. The number of carbonyl (C=O) groups is 1. The number of nitrogens with one attached hydrogen (secondary N) is 1. The van der Waals surface area contributed by atoms with Crippen molar-refractivity contribution in [3.8, 4) is 0 Å². The molecule has 1 aliphatic carbocycles. The quantitative estimate of drug-likeness (QED) is 0.725. The highest BCUT2D eigenvalue weighted by molar-refractivity contribution is 5.69. The number of carbonyl (C=O) groups excluding carboxylic acids is 1. The predicted molar refractivity (Wildman–Crippen MR) is 60.4 cm³/mol. The number of alkyl carbamates (subject to hydrolysis) is 1. The van der Waals surface area contributed by atoms with Gasteiger partial charge in [0.05, 0.1) is 5.54 Å². The van der Waals surface area contributed by atoms with Crippen LogP contribution >= 0.6 is 0 Å². The Kier molecular flexibility index (Phi) is 3.80. The minimum Gasteiger partial charge on any atom is -0.444 e. The van der Waals surface area contributed by atoms with Gasteiger partial charge in [-0.3, -0.25) is 0 Å². The van der Waals surface area contributed by atoms with Gasteiger partial charge in [0.15, 0.2) is 0 Å². The molecular weight excluding hydrogens is 208 g/mol. The van der Waals surface area contributed by atoms with E-state index in [4.69, 9.17) is 4.74 Å². The van der Waals surface area contributed by atoms with E-state index >= 15 is 0 Å². The first-order chi connectivity index (χ1) is 7.22. The van der Waals surface area contributed by atoms with Gasteiger partial charge in [0.1, 0.15) is 5.60 Å². The van der Waals surface area contributed by atoms with Gasteiger partial charge in [-0.25, -0.2) is 4.79 Å². The Labute approximate surface area is 96.7 Å². The maximum Gasteiger partial charge on any atom is 0.408 e. The summed E-state index contributed by atoms with van der Waals surface area (Å²) in [6, 6.07) is 0. The normalized spacial score (nSPS) is 19.1. The second-order valence-electron chi connectivity index (χ2n) is 5.58. The van der Waals surface area contributed by atoms with Gasteiger partial charge in [0, 0.05) is 13.6 Å². The molecule has 16 heavy (non-hydrogen) atoms. The molecule has 1 amide bonds. The molecule has 0 bridgehead atoms. The van der Waals surface area contributed by atoms with Crippen LogP contribution in [0.1, 0.15) is 40.0 Å². The summed E-state index contributed by atoms with van der Waals surface area (Å²) in [4.78, 5) is 11.6. The van der Waals surface area contributed by atoms with Crippen molar-refractivity contribution in [2.75, 3.05) is 13.6 Å². The standard InChI is InChI=1S/C11H22N2O3/c1-10(2,3)16-9(14)12-11(6-5-7-11)8-13(4)15/h15H,5-8H2,1-4H3,(H,12,14). The van der Waals surface area contributed by atoms with E-state index < -0.39 is 11.7 Å². The molecule has 1 fully saturated rings. The zero-order valence-corrected chi connectivity index (χ0v) is 10.5. The van der Waals surface area contributed by atoms with E-state index in [-0.39, 0.29) is 5.54 Å². The Hall–Kier alpha value is -0.810. The second kappa shape index (κ2) is 4.59. The molecule has 0 spiro atoms. The van der Waals surface area contributed by atoms with Crippen molar-refractivity contribution in [1.29, 1.82) is 0 Å². The minimum absolute atomic E-state index is 0.314. The van der Waals surface area contributed by atoms with E-state index in [1.807, 2.05) is 20.8 Å². The molecule has 0 aromatic rings. The van der Waals surface area contributed by atoms with Crippen LogP contribution in [0.3, 0.4) is 0 Å². The van der Waals surface area contributed by atoms with Gasteiger partial charge in [-0.1, -0.05) is 0 Å². The van der Waals surface area contributed by atoms with Crippen LogP contribution in [-0.2, 0) is 4.74 Å². The molecule has 0 radical (unpaired) electrons. The maximum atomic E-state index is 11.6. The predicted octanol–water partition coefficient (Wildman–Crippen LogP) is 1.75. The number of nitrogens with zero attached hydrogens (tertiary/aromatic N) is 1. The molecule has 0 aromatic heterocycles. The lowest BCUT2D eigenvalue weighted by atomic mass is 9.76. The van der Waals surface area contributed by atoms with Gasteiger partial charge >= 0.3 is 6.09 Å². The zero-order valence-electron chi connectivity index (χ0n) is 10.5. The van der Waals surface area contributed by atoms with E-state index in [2.05, 4.69) is 5.32 Å². The van der Waals surface area contributed by atoms with Gasteiger partial charge in [-0.2, -0.15) is 5.06 Å². The minimum atomic E-state index is -0.486. The van der Waals surface area contributed by atoms with E-state index in [1.54, 1.807) is 7.05 Å². The second-order valence-corrected chi connectivity index (χ2v) is 5.58. The van der Waals surface area contributed by atoms with Crippen molar-refractivity contribution in [2.45, 2.75) is 51.2 Å². The number of hydrogen-bond acceptors (Lipinski definition) is 4. The van der Waals surface area contributed by atoms with Crippen LogP contribution in [0.25, 0.3) is 0 Å². The van der Waals surface area contributed by atoms with Gasteiger partial charge in [0.2, 0.25) is 0 Å². The molecule has 0 unspecified atom stereocenters. The van der Waals surface area contributed by atoms with Gasteiger partial charge in [0.25, 0.3) is 0 Å². The van der Waals surface area contributed by atoms with Crippen molar-refractivity contribution >= 4 is 6.09 Å². The van der Waals surface area contributed by atoms with Crippen molar-refractivity contribution in [3.05, 3.63) is 0 Å². The third kappa shape index (κ3) is 3.98. The summed E-state index contributed by atoms with van der Waals surface area (Å²) >= 11 is 0. The van der Waals surface area contributed by atoms with Crippen molar-refractivity contribution in [1.82, 2.24) is 10.4 Å². The largest absolute Gasteiger partial charge is 0.444 e. The fourth-order valence-electron chi connectivity index (χ4n) is 1.88. The lowest BCUT2D eigenvalue weighted by Gasteiger charge is -2.43. The molecule has 94 valence electrons. The fraction of sp³-hybridized carbons (Fsp3) is 0.909. The first kappa shape index (κ1) is 13.3. The number of rotatable bonds is 3. The molecule has 0 aromatic carbocycles. The summed E-state index contributed by atoms with van der Waals surface area (Å²) in [5.74, 6) is 0. The van der Waals surface area contributed by atoms with Crippen LogP contribution in [0, 0.1) is 0 Å². The molecule has 1 saturated carbocycles. The Bertz CT molecular complexity index is 254. The molecule has 0 aliphatic heterocycles. The topological polar surface area (TPSA) is 61.8 Å². The summed E-state index contributed by atoms with van der Waals surface area (Å²) in [5, 5.41) is 13.2. The Morgan fingerprint density at radius 2 is 2.06 bits per heavy atom. The third-order valence-electron chi connectivity index (χ3n) is 2.61. The summed E-state index contributed by atoms with van der Waals surface area (Å²) < 4.78 is 5.20. The molecule has 1 aliphatic rings. The average molecular weight is 230 g/mol. The number of amides is 1. The monoisotopic (exact) mass is 230 g/mol. The SMILES string of the molecule is CN(O)CC1(NC(=O)OC(C)(C)C)CCC1. The van der Waals surface area contributed by atoms with Crippen LogP contribution in [0.4, 0.5) is 4.79 Å². The number of likely N-dealkylation sites (N-methyl/N-ethyl adjacent to an activating group) is 1. The van der Waals surface area contributed by atoms with Crippen LogP contribution in [0.5, 0.6) is 0 Å². The van der Waals surface area contributed by atoms with Gasteiger partial charge < -0.3 is 15.3 Å². The highest BCUT2D eigenvalue weighted by Gasteiger charge is 2.40. The first-order valence-electron chi connectivity index (χ1n) is 5.64. The molecule has 0 saturated heterocycles. The highest BCUT2D eigenvalue weighted by Crippen LogP contribution is 2.32. The molecule has 0 atom stereocenters. The molecule has 5 nitrogen and oxygen atoms in total. The Morgan fingerprint density at radius 1 is 1.50 bits per heavy atom. The zero-order chi connectivity index (χ0) is 12.4. The van der Waals surface area contributed by atoms with E-state index in [9.17, 15) is 10.0 Å². The van der Waals surface area contributed by atoms with Gasteiger partial charge in [-0.05, 0) is 40.0 Å². The average Bonchev–Trinajstić information content (AvgIpc) is 1.95. The van der Waals surface area contributed by atoms with E-state index in [1.165, 1.54) is 0 Å². The van der Waals surface area contributed by atoms with Crippen molar-refractivity contribution in [3.63, 3.8) is 0 Å². The molecule has 5 heteroatoms. The molecule has 2 N–H and O–H groups in total. The number of hydrogen-bond donors (Lipinski definition) is 2. The number of hydroxylamine groups is 2. The maximum absolute atomic E-state index is 11.6. The van der Waals surface area contributed by atoms with Crippen molar-refractivity contribution < 1.29 is 14.7 Å². The highest BCUT2D eigenvalue weighted by atomic mass is 16.6. The summed E-state index contributed by atoms with van der Waals surface area (Å²) in [6.45, 7) is 5.93. The lowest BCUT2D eigenvalue weighted by Crippen LogP contribution is -2.59. The van der Waals surface area contributed by atoms with Crippen LogP contribution in [-0.4, -0.2) is 41.1 Å². The van der Waals surface area contributed by atoms with E-state index in [0.29, 0.717) is 6.54 Å². The van der Waals surface area contributed by atoms with Gasteiger partial charge in [-0.15, -0.1) is 0 Å². The Balaban J connectivity index is 2.47. The summed E-state index contributed by atoms with van der Waals surface area (Å²) in [7, 11) is 1.58. The Morgan fingerprint density at radius 3 is 2.38 bits per heavy atom. The van der Waals surface area contributed by atoms with Crippen molar-refractivity contribution in [2.24, 2.45) is 0 Å². The van der Waals surface area contributed by atoms with E-state index in [0.717, 1.165) is 24.3 Å². The molecule has 1 rings (SSSR count). The lowest BCUT2D eigenvalue weighted by molar-refractivity contribution is -0.0950. The van der Waals surface area contributed by atoms with Crippen LogP contribution in [0.15, 0.2) is 0 Å². The smallest absolute Gasteiger partial charge is 0.408 e. The fourth-order valence-corrected chi connectivity index (χ4v) is 1.88. The van der Waals surface area contributed by atoms with Crippen LogP contribution in [0.2, 0.25) is 0 Å². The molecular formula is C11H22N2O3. The molecule has 0 heterocycles. The summed E-state index contributed by atoms with van der Waals surface area (Å²) in [5.41, 5.74) is -0.800. The van der Waals surface area contributed by atoms with Crippen LogP contribution < -0.4 is 5.32 Å². The number of ether oxygens (including phenoxy) is 1.